The fraction of sp³-hybridized carbons (Fsp3) is 0.222. The number of hydrogen-bond donors (Lipinski definition) is 2. The summed E-state index contributed by atoms with van der Waals surface area (Å²) in [6.07, 6.45) is -0.220. The Kier molecular flexibility index (Phi) is 4.34. The predicted molar refractivity (Wildman–Crippen MR) is 97.7 cm³/mol. The molecule has 0 radical (unpaired) electrons. The Morgan fingerprint density at radius 3 is 2.82 bits per heavy atom. The molecule has 144 valence electrons. The minimum atomic E-state index is -4.56. The number of H-pyrrole nitrogens is 1. The number of pyridine rings is 3. The van der Waals surface area contributed by atoms with Gasteiger partial charge in [-0.1, -0.05) is 6.07 Å². The monoisotopic (exact) mass is 388 g/mol. The number of rotatable bonds is 4. The molecule has 0 fully saturated rings. The molecule has 0 unspecified atom stereocenters. The summed E-state index contributed by atoms with van der Waals surface area (Å²) in [6, 6.07) is 5.15. The molecule has 0 saturated carbocycles. The molecule has 2 N–H and O–H groups in total. The standard InChI is InChI=1S/C18H15F3N6O/c1-22-6-10-3-2-4-23-14(10)11-5-13-16(24-7-11)15-12(8-25-26-15)17(28)27(13)9-18(19,20)21/h2-5,7-8,22H,6,9H2,1H3,(H,25,26). The molecule has 0 atom stereocenters. The quantitative estimate of drug-likeness (QED) is 0.561. The van der Waals surface area contributed by atoms with Crippen LogP contribution in [0.3, 0.4) is 0 Å². The highest BCUT2D eigenvalue weighted by molar-refractivity contribution is 6.01. The minimum absolute atomic E-state index is 0.0608. The van der Waals surface area contributed by atoms with Crippen LogP contribution in [0, 0.1) is 0 Å². The van der Waals surface area contributed by atoms with Crippen LogP contribution in [0.2, 0.25) is 0 Å². The SMILES string of the molecule is CNCc1cccnc1-c1cnc2c3[nH]ncc3c(=O)n(CC(F)(F)F)c2c1. The molecule has 4 aromatic rings. The van der Waals surface area contributed by atoms with Crippen LogP contribution in [-0.2, 0) is 13.1 Å². The van der Waals surface area contributed by atoms with Crippen LogP contribution in [0.1, 0.15) is 5.56 Å². The normalized spacial score (nSPS) is 12.1. The Hall–Kier alpha value is -3.27. The summed E-state index contributed by atoms with van der Waals surface area (Å²) in [5, 5.41) is 9.53. The lowest BCUT2D eigenvalue weighted by Crippen LogP contribution is -2.28. The zero-order valence-corrected chi connectivity index (χ0v) is 14.7. The van der Waals surface area contributed by atoms with E-state index in [2.05, 4.69) is 25.5 Å². The summed E-state index contributed by atoms with van der Waals surface area (Å²) in [7, 11) is 1.78. The van der Waals surface area contributed by atoms with E-state index in [1.165, 1.54) is 18.5 Å². The average molecular weight is 388 g/mol. The maximum absolute atomic E-state index is 13.1. The summed E-state index contributed by atoms with van der Waals surface area (Å²) in [5.41, 5.74) is 1.81. The number of aromatic nitrogens is 5. The number of alkyl halides is 3. The van der Waals surface area contributed by atoms with Gasteiger partial charge in [0.05, 0.1) is 28.3 Å². The van der Waals surface area contributed by atoms with Crippen LogP contribution in [-0.4, -0.2) is 38.0 Å². The lowest BCUT2D eigenvalue weighted by molar-refractivity contribution is -0.140. The van der Waals surface area contributed by atoms with Gasteiger partial charge >= 0.3 is 6.18 Å². The van der Waals surface area contributed by atoms with Crippen molar-refractivity contribution >= 4 is 21.9 Å². The Balaban J connectivity index is 2.02. The van der Waals surface area contributed by atoms with Gasteiger partial charge in [0.25, 0.3) is 5.56 Å². The number of nitrogens with zero attached hydrogens (tertiary/aromatic N) is 4. The van der Waals surface area contributed by atoms with E-state index < -0.39 is 18.3 Å². The molecule has 7 nitrogen and oxygen atoms in total. The lowest BCUT2D eigenvalue weighted by Gasteiger charge is -2.14. The van der Waals surface area contributed by atoms with Gasteiger partial charge in [0.15, 0.2) is 0 Å². The third kappa shape index (κ3) is 3.11. The molecule has 0 bridgehead atoms. The topological polar surface area (TPSA) is 88.5 Å². The van der Waals surface area contributed by atoms with E-state index in [0.717, 1.165) is 5.56 Å². The molecule has 0 aliphatic heterocycles. The fourth-order valence-corrected chi connectivity index (χ4v) is 3.23. The highest BCUT2D eigenvalue weighted by atomic mass is 19.4. The lowest BCUT2D eigenvalue weighted by atomic mass is 10.1. The van der Waals surface area contributed by atoms with E-state index in [4.69, 9.17) is 0 Å². The largest absolute Gasteiger partial charge is 0.406 e. The van der Waals surface area contributed by atoms with Gasteiger partial charge < -0.3 is 5.32 Å². The van der Waals surface area contributed by atoms with Crippen molar-refractivity contribution in [2.24, 2.45) is 0 Å². The van der Waals surface area contributed by atoms with Gasteiger partial charge in [0.2, 0.25) is 0 Å². The highest BCUT2D eigenvalue weighted by Gasteiger charge is 2.30. The Morgan fingerprint density at radius 2 is 2.07 bits per heavy atom. The van der Waals surface area contributed by atoms with Gasteiger partial charge in [-0.05, 0) is 24.7 Å². The summed E-state index contributed by atoms with van der Waals surface area (Å²) in [6.45, 7) is -0.893. The first-order valence-electron chi connectivity index (χ1n) is 8.40. The smallest absolute Gasteiger partial charge is 0.316 e. The molecule has 4 heterocycles. The van der Waals surface area contributed by atoms with E-state index in [1.807, 2.05) is 6.07 Å². The molecule has 0 aliphatic rings. The number of hydrogen-bond acceptors (Lipinski definition) is 5. The van der Waals surface area contributed by atoms with E-state index in [9.17, 15) is 18.0 Å². The average Bonchev–Trinajstić information content (AvgIpc) is 3.15. The number of nitrogens with one attached hydrogen (secondary N) is 2. The van der Waals surface area contributed by atoms with E-state index in [1.54, 1.807) is 19.3 Å². The fourth-order valence-electron chi connectivity index (χ4n) is 3.23. The van der Waals surface area contributed by atoms with Crippen LogP contribution < -0.4 is 10.9 Å². The first-order chi connectivity index (χ1) is 13.4. The highest BCUT2D eigenvalue weighted by Crippen LogP contribution is 2.28. The summed E-state index contributed by atoms with van der Waals surface area (Å²) < 4.78 is 40.1. The number of halogens is 3. The second kappa shape index (κ2) is 6.71. The van der Waals surface area contributed by atoms with Crippen molar-refractivity contribution in [3.63, 3.8) is 0 Å². The van der Waals surface area contributed by atoms with Crippen LogP contribution in [0.25, 0.3) is 33.2 Å². The van der Waals surface area contributed by atoms with Gasteiger partial charge in [-0.2, -0.15) is 18.3 Å². The summed E-state index contributed by atoms with van der Waals surface area (Å²) >= 11 is 0. The molecule has 28 heavy (non-hydrogen) atoms. The number of fused-ring (bicyclic) bond motifs is 3. The zero-order valence-electron chi connectivity index (χ0n) is 14.7. The maximum atomic E-state index is 13.1. The van der Waals surface area contributed by atoms with Crippen molar-refractivity contribution in [1.29, 1.82) is 0 Å². The van der Waals surface area contributed by atoms with Gasteiger partial charge in [0.1, 0.15) is 12.1 Å². The first-order valence-corrected chi connectivity index (χ1v) is 8.40. The van der Waals surface area contributed by atoms with Crippen molar-refractivity contribution in [2.75, 3.05) is 7.05 Å². The summed E-state index contributed by atoms with van der Waals surface area (Å²) in [4.78, 5) is 21.3. The molecule has 0 amide bonds. The zero-order chi connectivity index (χ0) is 19.9. The second-order valence-electron chi connectivity index (χ2n) is 6.30. The van der Waals surface area contributed by atoms with Crippen LogP contribution >= 0.6 is 0 Å². The third-order valence-corrected chi connectivity index (χ3v) is 4.38. The molecular formula is C18H15F3N6O. The summed E-state index contributed by atoms with van der Waals surface area (Å²) in [5.74, 6) is 0. The van der Waals surface area contributed by atoms with Crippen LogP contribution in [0.5, 0.6) is 0 Å². The molecular weight excluding hydrogens is 373 g/mol. The first kappa shape index (κ1) is 18.1. The van der Waals surface area contributed by atoms with Crippen molar-refractivity contribution < 1.29 is 13.2 Å². The second-order valence-corrected chi connectivity index (χ2v) is 6.30. The van der Waals surface area contributed by atoms with Gasteiger partial charge in [-0.3, -0.25) is 24.4 Å². The molecule has 0 aliphatic carbocycles. The molecule has 0 saturated heterocycles. The predicted octanol–water partition coefficient (Wildman–Crippen LogP) is 2.62. The van der Waals surface area contributed by atoms with Crippen molar-refractivity contribution in [2.45, 2.75) is 19.3 Å². The molecule has 0 spiro atoms. The van der Waals surface area contributed by atoms with Gasteiger partial charge in [-0.15, -0.1) is 0 Å². The third-order valence-electron chi connectivity index (χ3n) is 4.38. The van der Waals surface area contributed by atoms with Crippen molar-refractivity contribution in [1.82, 2.24) is 30.0 Å². The number of aromatic amines is 1. The molecule has 4 aromatic heterocycles. The van der Waals surface area contributed by atoms with E-state index in [0.29, 0.717) is 27.9 Å². The molecule has 4 rings (SSSR count). The van der Waals surface area contributed by atoms with Crippen molar-refractivity contribution in [3.05, 3.63) is 52.7 Å². The van der Waals surface area contributed by atoms with Gasteiger partial charge in [0, 0.05) is 24.5 Å². The van der Waals surface area contributed by atoms with E-state index >= 15 is 0 Å². The Bertz CT molecular complexity index is 1230. The van der Waals surface area contributed by atoms with Gasteiger partial charge in [-0.25, -0.2) is 0 Å². The van der Waals surface area contributed by atoms with Crippen molar-refractivity contribution in [3.8, 4) is 11.3 Å². The van der Waals surface area contributed by atoms with E-state index in [-0.39, 0.29) is 16.4 Å². The Labute approximate surface area is 156 Å². The maximum Gasteiger partial charge on any atom is 0.406 e. The van der Waals surface area contributed by atoms with Crippen LogP contribution in [0.4, 0.5) is 13.2 Å². The minimum Gasteiger partial charge on any atom is -0.316 e. The molecule has 0 aromatic carbocycles. The Morgan fingerprint density at radius 1 is 1.25 bits per heavy atom. The molecule has 10 heteroatoms. The van der Waals surface area contributed by atoms with Crippen LogP contribution in [0.15, 0.2) is 41.6 Å².